The van der Waals surface area contributed by atoms with Crippen molar-refractivity contribution >= 4 is 11.8 Å². The summed E-state index contributed by atoms with van der Waals surface area (Å²) in [5.74, 6) is 0.107. The van der Waals surface area contributed by atoms with Gasteiger partial charge in [-0.2, -0.15) is 0 Å². The Morgan fingerprint density at radius 3 is 2.48 bits per heavy atom. The van der Waals surface area contributed by atoms with Gasteiger partial charge in [0, 0.05) is 6.04 Å². The van der Waals surface area contributed by atoms with Crippen LogP contribution in [0, 0.1) is 5.92 Å². The number of benzene rings is 1. The molecule has 0 unspecified atom stereocenters. The largest absolute Gasteiger partial charge is 0.496 e. The molecule has 21 heavy (non-hydrogen) atoms. The van der Waals surface area contributed by atoms with E-state index in [9.17, 15) is 9.59 Å². The fourth-order valence-corrected chi connectivity index (χ4v) is 2.10. The van der Waals surface area contributed by atoms with Gasteiger partial charge in [-0.1, -0.05) is 26.0 Å². The summed E-state index contributed by atoms with van der Waals surface area (Å²) >= 11 is 0. The number of hydrogen-bond acceptors (Lipinski definition) is 3. The number of carbonyl (C=O) groups excluding carboxylic acids is 2. The SMILES string of the molecule is COc1ccccc1C(=O)N[C@H](C(=O)NC1CC1)C(C)C. The first kappa shape index (κ1) is 15.4. The zero-order chi connectivity index (χ0) is 15.4. The third-order valence-corrected chi connectivity index (χ3v) is 3.51. The van der Waals surface area contributed by atoms with Crippen molar-refractivity contribution in [2.75, 3.05) is 7.11 Å². The molecule has 2 rings (SSSR count). The number of rotatable bonds is 6. The van der Waals surface area contributed by atoms with Crippen molar-refractivity contribution in [3.63, 3.8) is 0 Å². The van der Waals surface area contributed by atoms with E-state index in [0.717, 1.165) is 12.8 Å². The summed E-state index contributed by atoms with van der Waals surface area (Å²) in [6.07, 6.45) is 2.05. The first-order valence-electron chi connectivity index (χ1n) is 7.27. The lowest BCUT2D eigenvalue weighted by atomic mass is 10.0. The second-order valence-corrected chi connectivity index (χ2v) is 5.68. The Morgan fingerprint density at radius 2 is 1.90 bits per heavy atom. The molecule has 1 aliphatic carbocycles. The van der Waals surface area contributed by atoms with Crippen LogP contribution in [-0.2, 0) is 4.79 Å². The number of nitrogens with one attached hydrogen (secondary N) is 2. The minimum absolute atomic E-state index is 0.0161. The summed E-state index contributed by atoms with van der Waals surface area (Å²) in [5.41, 5.74) is 0.435. The van der Waals surface area contributed by atoms with E-state index < -0.39 is 6.04 Å². The molecule has 1 aromatic rings. The van der Waals surface area contributed by atoms with Crippen LogP contribution in [0.1, 0.15) is 37.0 Å². The Kier molecular flexibility index (Phi) is 4.83. The molecule has 2 N–H and O–H groups in total. The quantitative estimate of drug-likeness (QED) is 0.838. The summed E-state index contributed by atoms with van der Waals surface area (Å²) in [6, 6.07) is 6.72. The molecule has 114 valence electrons. The smallest absolute Gasteiger partial charge is 0.255 e. The van der Waals surface area contributed by atoms with Gasteiger partial charge in [0.1, 0.15) is 11.8 Å². The van der Waals surface area contributed by atoms with Crippen molar-refractivity contribution in [2.45, 2.75) is 38.8 Å². The maximum Gasteiger partial charge on any atom is 0.255 e. The minimum atomic E-state index is -0.539. The summed E-state index contributed by atoms with van der Waals surface area (Å²) in [5, 5.41) is 5.75. The van der Waals surface area contributed by atoms with Crippen LogP contribution < -0.4 is 15.4 Å². The molecule has 0 spiro atoms. The normalized spacial score (nSPS) is 15.4. The molecule has 1 aliphatic rings. The lowest BCUT2D eigenvalue weighted by Gasteiger charge is -2.22. The van der Waals surface area contributed by atoms with Crippen molar-refractivity contribution in [1.82, 2.24) is 10.6 Å². The molecule has 0 saturated heterocycles. The topological polar surface area (TPSA) is 67.4 Å². The standard InChI is InChI=1S/C16H22N2O3/c1-10(2)14(16(20)17-11-8-9-11)18-15(19)12-6-4-5-7-13(12)21-3/h4-7,10-11,14H,8-9H2,1-3H3,(H,17,20)(H,18,19)/t14-/m0/s1. The maximum atomic E-state index is 12.4. The molecule has 2 amide bonds. The Morgan fingerprint density at radius 1 is 1.24 bits per heavy atom. The van der Waals surface area contributed by atoms with Crippen molar-refractivity contribution in [2.24, 2.45) is 5.92 Å². The minimum Gasteiger partial charge on any atom is -0.496 e. The zero-order valence-electron chi connectivity index (χ0n) is 12.7. The van der Waals surface area contributed by atoms with Gasteiger partial charge in [0.15, 0.2) is 0 Å². The van der Waals surface area contributed by atoms with E-state index in [1.165, 1.54) is 7.11 Å². The first-order chi connectivity index (χ1) is 10.0. The van der Waals surface area contributed by atoms with E-state index in [4.69, 9.17) is 4.74 Å². The summed E-state index contributed by atoms with van der Waals surface area (Å²) < 4.78 is 5.18. The molecule has 0 radical (unpaired) electrons. The van der Waals surface area contributed by atoms with E-state index in [2.05, 4.69) is 10.6 Å². The van der Waals surface area contributed by atoms with Gasteiger partial charge < -0.3 is 15.4 Å². The van der Waals surface area contributed by atoms with Gasteiger partial charge in [0.25, 0.3) is 5.91 Å². The first-order valence-corrected chi connectivity index (χ1v) is 7.27. The second-order valence-electron chi connectivity index (χ2n) is 5.68. The number of ether oxygens (including phenoxy) is 1. The third-order valence-electron chi connectivity index (χ3n) is 3.51. The Bertz CT molecular complexity index is 524. The number of methoxy groups -OCH3 is 1. The van der Waals surface area contributed by atoms with Crippen LogP contribution in [0.5, 0.6) is 5.75 Å². The second kappa shape index (κ2) is 6.61. The lowest BCUT2D eigenvalue weighted by Crippen LogP contribution is -2.50. The molecule has 5 heteroatoms. The molecule has 1 saturated carbocycles. The molecule has 0 aromatic heterocycles. The van der Waals surface area contributed by atoms with Gasteiger partial charge >= 0.3 is 0 Å². The van der Waals surface area contributed by atoms with Gasteiger partial charge in [0.05, 0.1) is 12.7 Å². The summed E-state index contributed by atoms with van der Waals surface area (Å²) in [4.78, 5) is 24.6. The molecule has 1 aromatic carbocycles. The Hall–Kier alpha value is -2.04. The molecule has 1 fully saturated rings. The highest BCUT2D eigenvalue weighted by Crippen LogP contribution is 2.20. The Labute approximate surface area is 125 Å². The molecule has 0 heterocycles. The zero-order valence-corrected chi connectivity index (χ0v) is 12.7. The van der Waals surface area contributed by atoms with Crippen molar-refractivity contribution in [1.29, 1.82) is 0 Å². The van der Waals surface area contributed by atoms with Crippen LogP contribution >= 0.6 is 0 Å². The molecule has 5 nitrogen and oxygen atoms in total. The van der Waals surface area contributed by atoms with E-state index in [1.54, 1.807) is 24.3 Å². The van der Waals surface area contributed by atoms with Gasteiger partial charge in [-0.15, -0.1) is 0 Å². The molecular formula is C16H22N2O3. The average molecular weight is 290 g/mol. The predicted molar refractivity (Wildman–Crippen MR) is 80.3 cm³/mol. The van der Waals surface area contributed by atoms with Gasteiger partial charge in [-0.05, 0) is 30.9 Å². The lowest BCUT2D eigenvalue weighted by molar-refractivity contribution is -0.124. The fraction of sp³-hybridized carbons (Fsp3) is 0.500. The van der Waals surface area contributed by atoms with Crippen LogP contribution in [0.4, 0.5) is 0 Å². The number of carbonyl (C=O) groups is 2. The van der Waals surface area contributed by atoms with Crippen molar-refractivity contribution in [3.8, 4) is 5.75 Å². The monoisotopic (exact) mass is 290 g/mol. The molecule has 1 atom stereocenters. The maximum absolute atomic E-state index is 12.4. The average Bonchev–Trinajstić information content (AvgIpc) is 3.27. The van der Waals surface area contributed by atoms with Crippen LogP contribution in [0.3, 0.4) is 0 Å². The number of hydrogen-bond donors (Lipinski definition) is 2. The van der Waals surface area contributed by atoms with E-state index >= 15 is 0 Å². The highest BCUT2D eigenvalue weighted by molar-refractivity contribution is 5.99. The Balaban J connectivity index is 2.08. The van der Waals surface area contributed by atoms with Crippen LogP contribution in [0.15, 0.2) is 24.3 Å². The third kappa shape index (κ3) is 3.97. The van der Waals surface area contributed by atoms with Crippen molar-refractivity contribution in [3.05, 3.63) is 29.8 Å². The number of amides is 2. The summed E-state index contributed by atoms with van der Waals surface area (Å²) in [6.45, 7) is 3.83. The van der Waals surface area contributed by atoms with E-state index in [-0.39, 0.29) is 23.8 Å². The van der Waals surface area contributed by atoms with Gasteiger partial charge in [-0.25, -0.2) is 0 Å². The van der Waals surface area contributed by atoms with Crippen LogP contribution in [0.2, 0.25) is 0 Å². The van der Waals surface area contributed by atoms with E-state index in [0.29, 0.717) is 11.3 Å². The predicted octanol–water partition coefficient (Wildman–Crippen LogP) is 1.73. The summed E-state index contributed by atoms with van der Waals surface area (Å²) in [7, 11) is 1.52. The number of para-hydroxylation sites is 1. The highest BCUT2D eigenvalue weighted by atomic mass is 16.5. The van der Waals surface area contributed by atoms with Gasteiger partial charge in [-0.3, -0.25) is 9.59 Å². The van der Waals surface area contributed by atoms with Gasteiger partial charge in [0.2, 0.25) is 5.91 Å². The fourth-order valence-electron chi connectivity index (χ4n) is 2.10. The van der Waals surface area contributed by atoms with Crippen LogP contribution in [-0.4, -0.2) is 31.0 Å². The molecule has 0 aliphatic heterocycles. The molecule has 0 bridgehead atoms. The van der Waals surface area contributed by atoms with E-state index in [1.807, 2.05) is 13.8 Å². The molecular weight excluding hydrogens is 268 g/mol. The highest BCUT2D eigenvalue weighted by Gasteiger charge is 2.30. The van der Waals surface area contributed by atoms with Crippen molar-refractivity contribution < 1.29 is 14.3 Å². The van der Waals surface area contributed by atoms with Crippen LogP contribution in [0.25, 0.3) is 0 Å².